The molecule has 1 unspecified atom stereocenters. The molecule has 3 rings (SSSR count). The van der Waals surface area contributed by atoms with Gasteiger partial charge in [0.05, 0.1) is 19.4 Å². The van der Waals surface area contributed by atoms with E-state index < -0.39 is 0 Å². The predicted octanol–water partition coefficient (Wildman–Crippen LogP) is 3.79. The van der Waals surface area contributed by atoms with Gasteiger partial charge in [-0.3, -0.25) is 4.99 Å². The van der Waals surface area contributed by atoms with Gasteiger partial charge in [-0.25, -0.2) is 0 Å². The summed E-state index contributed by atoms with van der Waals surface area (Å²) in [5.74, 6) is 1.75. The number of hydrogen-bond donors (Lipinski definition) is 2. The van der Waals surface area contributed by atoms with Crippen LogP contribution in [0.1, 0.15) is 24.5 Å². The average molecular weight is 524 g/mol. The Morgan fingerprint density at radius 2 is 1.87 bits per heavy atom. The fourth-order valence-corrected chi connectivity index (χ4v) is 3.53. The number of aliphatic imine (C=N–C) groups is 1. The van der Waals surface area contributed by atoms with Crippen LogP contribution in [0.25, 0.3) is 0 Å². The molecule has 7 heteroatoms. The number of ether oxygens (including phenoxy) is 2. The van der Waals surface area contributed by atoms with E-state index >= 15 is 0 Å². The molecule has 2 aromatic carbocycles. The number of anilines is 1. The van der Waals surface area contributed by atoms with Gasteiger partial charge in [-0.1, -0.05) is 36.4 Å². The third-order valence-corrected chi connectivity index (χ3v) is 5.13. The van der Waals surface area contributed by atoms with Gasteiger partial charge in [0, 0.05) is 39.3 Å². The van der Waals surface area contributed by atoms with Crippen LogP contribution in [0, 0.1) is 0 Å². The largest absolute Gasteiger partial charge is 0.495 e. The molecular formula is C23H33IN4O2. The van der Waals surface area contributed by atoms with Crippen molar-refractivity contribution in [3.63, 3.8) is 0 Å². The van der Waals surface area contributed by atoms with Crippen LogP contribution in [-0.4, -0.2) is 45.9 Å². The third kappa shape index (κ3) is 6.77. The standard InChI is InChI=1S/C23H32N4O2.HI/c1-4-29-17-19-11-9-18(10-12-19)15-25-23(24-2)26-20-13-14-27(16-20)21-7-5-6-8-22(21)28-3;/h5-12,20H,4,13-17H2,1-3H3,(H2,24,25,26);1H. The normalized spacial score (nSPS) is 16.2. The second kappa shape index (κ2) is 12.6. The van der Waals surface area contributed by atoms with Crippen LogP contribution in [0.5, 0.6) is 5.75 Å². The third-order valence-electron chi connectivity index (χ3n) is 5.13. The van der Waals surface area contributed by atoms with E-state index in [-0.39, 0.29) is 24.0 Å². The number of guanidine groups is 1. The summed E-state index contributed by atoms with van der Waals surface area (Å²) in [7, 11) is 3.53. The zero-order valence-electron chi connectivity index (χ0n) is 18.1. The zero-order chi connectivity index (χ0) is 20.5. The molecule has 0 aliphatic carbocycles. The van der Waals surface area contributed by atoms with E-state index in [1.807, 2.05) is 26.1 Å². The molecule has 30 heavy (non-hydrogen) atoms. The molecular weight excluding hydrogens is 491 g/mol. The Hall–Kier alpha value is -2.00. The molecule has 1 heterocycles. The van der Waals surface area contributed by atoms with Crippen LogP contribution in [0.15, 0.2) is 53.5 Å². The van der Waals surface area contributed by atoms with Crippen LogP contribution < -0.4 is 20.3 Å². The second-order valence-corrected chi connectivity index (χ2v) is 7.13. The molecule has 1 fully saturated rings. The molecule has 0 radical (unpaired) electrons. The Morgan fingerprint density at radius 3 is 2.57 bits per heavy atom. The first-order chi connectivity index (χ1) is 14.2. The van der Waals surface area contributed by atoms with Gasteiger partial charge in [0.1, 0.15) is 5.75 Å². The number of nitrogens with one attached hydrogen (secondary N) is 2. The molecule has 0 amide bonds. The quantitative estimate of drug-likeness (QED) is 0.313. The van der Waals surface area contributed by atoms with Crippen molar-refractivity contribution in [3.8, 4) is 5.75 Å². The summed E-state index contributed by atoms with van der Waals surface area (Å²) in [6, 6.07) is 17.0. The van der Waals surface area contributed by atoms with E-state index in [2.05, 4.69) is 56.9 Å². The number of para-hydroxylation sites is 2. The highest BCUT2D eigenvalue weighted by Crippen LogP contribution is 2.30. The van der Waals surface area contributed by atoms with Gasteiger partial charge < -0.3 is 25.0 Å². The molecule has 0 saturated carbocycles. The monoisotopic (exact) mass is 524 g/mol. The molecule has 2 N–H and O–H groups in total. The molecule has 1 aliphatic rings. The smallest absolute Gasteiger partial charge is 0.191 e. The maximum atomic E-state index is 5.51. The van der Waals surface area contributed by atoms with Gasteiger partial charge in [0.15, 0.2) is 5.96 Å². The van der Waals surface area contributed by atoms with E-state index in [0.717, 1.165) is 50.1 Å². The molecule has 164 valence electrons. The zero-order valence-corrected chi connectivity index (χ0v) is 20.4. The van der Waals surface area contributed by atoms with Crippen molar-refractivity contribution in [1.29, 1.82) is 0 Å². The lowest BCUT2D eigenvalue weighted by Crippen LogP contribution is -2.44. The lowest BCUT2D eigenvalue weighted by molar-refractivity contribution is 0.134. The van der Waals surface area contributed by atoms with Crippen molar-refractivity contribution in [2.45, 2.75) is 32.5 Å². The Bertz CT molecular complexity index is 798. The number of benzene rings is 2. The first-order valence-electron chi connectivity index (χ1n) is 10.2. The fourth-order valence-electron chi connectivity index (χ4n) is 3.53. The van der Waals surface area contributed by atoms with Crippen LogP contribution in [-0.2, 0) is 17.9 Å². The van der Waals surface area contributed by atoms with Crippen molar-refractivity contribution >= 4 is 35.6 Å². The van der Waals surface area contributed by atoms with Crippen molar-refractivity contribution < 1.29 is 9.47 Å². The van der Waals surface area contributed by atoms with Crippen molar-refractivity contribution in [2.24, 2.45) is 4.99 Å². The lowest BCUT2D eigenvalue weighted by Gasteiger charge is -2.22. The topological polar surface area (TPSA) is 58.1 Å². The number of hydrogen-bond acceptors (Lipinski definition) is 4. The molecule has 0 aromatic heterocycles. The SMILES string of the molecule is CCOCc1ccc(CNC(=NC)NC2CCN(c3ccccc3OC)C2)cc1.I. The highest BCUT2D eigenvalue weighted by Gasteiger charge is 2.25. The summed E-state index contributed by atoms with van der Waals surface area (Å²) >= 11 is 0. The Morgan fingerprint density at radius 1 is 1.13 bits per heavy atom. The second-order valence-electron chi connectivity index (χ2n) is 7.13. The summed E-state index contributed by atoms with van der Waals surface area (Å²) < 4.78 is 11.0. The summed E-state index contributed by atoms with van der Waals surface area (Å²) in [6.45, 7) is 6.07. The van der Waals surface area contributed by atoms with Crippen LogP contribution >= 0.6 is 24.0 Å². The van der Waals surface area contributed by atoms with Gasteiger partial charge in [0.25, 0.3) is 0 Å². The summed E-state index contributed by atoms with van der Waals surface area (Å²) in [5, 5.41) is 6.97. The molecule has 1 atom stereocenters. The highest BCUT2D eigenvalue weighted by molar-refractivity contribution is 14.0. The van der Waals surface area contributed by atoms with Crippen molar-refractivity contribution in [3.05, 3.63) is 59.7 Å². The van der Waals surface area contributed by atoms with Crippen LogP contribution in [0.3, 0.4) is 0 Å². The minimum Gasteiger partial charge on any atom is -0.495 e. The van der Waals surface area contributed by atoms with Gasteiger partial charge in [0.2, 0.25) is 0 Å². The first-order valence-corrected chi connectivity index (χ1v) is 10.2. The van der Waals surface area contributed by atoms with Crippen molar-refractivity contribution in [2.75, 3.05) is 38.8 Å². The fraction of sp³-hybridized carbons (Fsp3) is 0.435. The van der Waals surface area contributed by atoms with Gasteiger partial charge in [-0.2, -0.15) is 0 Å². The Balaban J connectivity index is 0.00000320. The van der Waals surface area contributed by atoms with Gasteiger partial charge in [-0.05, 0) is 36.6 Å². The lowest BCUT2D eigenvalue weighted by atomic mass is 10.1. The van der Waals surface area contributed by atoms with Gasteiger partial charge >= 0.3 is 0 Å². The van der Waals surface area contributed by atoms with E-state index in [4.69, 9.17) is 9.47 Å². The minimum atomic E-state index is 0. The number of methoxy groups -OCH3 is 1. The van der Waals surface area contributed by atoms with E-state index in [9.17, 15) is 0 Å². The summed E-state index contributed by atoms with van der Waals surface area (Å²) in [4.78, 5) is 6.75. The van der Waals surface area contributed by atoms with Crippen LogP contribution in [0.2, 0.25) is 0 Å². The van der Waals surface area contributed by atoms with E-state index in [0.29, 0.717) is 12.6 Å². The first kappa shape index (κ1) is 24.3. The molecule has 0 bridgehead atoms. The number of nitrogens with zero attached hydrogens (tertiary/aromatic N) is 2. The highest BCUT2D eigenvalue weighted by atomic mass is 127. The number of halogens is 1. The Kier molecular flexibility index (Phi) is 10.2. The van der Waals surface area contributed by atoms with Gasteiger partial charge in [-0.15, -0.1) is 24.0 Å². The number of rotatable bonds is 8. The Labute approximate surface area is 197 Å². The minimum absolute atomic E-state index is 0. The molecule has 1 saturated heterocycles. The summed E-state index contributed by atoms with van der Waals surface area (Å²) in [6.07, 6.45) is 1.06. The van der Waals surface area contributed by atoms with E-state index in [1.54, 1.807) is 7.11 Å². The molecule has 0 spiro atoms. The molecule has 6 nitrogen and oxygen atoms in total. The predicted molar refractivity (Wildman–Crippen MR) is 134 cm³/mol. The molecule has 2 aromatic rings. The average Bonchev–Trinajstić information content (AvgIpc) is 3.24. The molecule has 1 aliphatic heterocycles. The summed E-state index contributed by atoms with van der Waals surface area (Å²) in [5.41, 5.74) is 3.56. The maximum Gasteiger partial charge on any atom is 0.191 e. The van der Waals surface area contributed by atoms with E-state index in [1.165, 1.54) is 11.1 Å². The van der Waals surface area contributed by atoms with Crippen LogP contribution in [0.4, 0.5) is 5.69 Å². The maximum absolute atomic E-state index is 5.51. The van der Waals surface area contributed by atoms with Crippen molar-refractivity contribution in [1.82, 2.24) is 10.6 Å².